The van der Waals surface area contributed by atoms with Crippen LogP contribution >= 0.6 is 0 Å². The van der Waals surface area contributed by atoms with Crippen LogP contribution in [0.15, 0.2) is 54.6 Å². The molecule has 28 heavy (non-hydrogen) atoms. The predicted molar refractivity (Wildman–Crippen MR) is 114 cm³/mol. The smallest absolute Gasteiger partial charge is 0.229 e. The molecule has 1 heterocycles. The van der Waals surface area contributed by atoms with Crippen LogP contribution in [0.3, 0.4) is 0 Å². The first-order valence-electron chi connectivity index (χ1n) is 9.58. The van der Waals surface area contributed by atoms with Crippen LogP contribution in [0.25, 0.3) is 0 Å². The minimum absolute atomic E-state index is 0.0919. The largest absolute Gasteiger partial charge is 0.396 e. The summed E-state index contributed by atoms with van der Waals surface area (Å²) in [6, 6.07) is 16.9. The normalized spacial score (nSPS) is 10.7. The summed E-state index contributed by atoms with van der Waals surface area (Å²) in [6.07, 6.45) is 1.71. The zero-order valence-corrected chi connectivity index (χ0v) is 16.3. The highest BCUT2D eigenvalue weighted by Gasteiger charge is 2.11. The molecule has 0 aliphatic heterocycles. The third-order valence-corrected chi connectivity index (χ3v) is 4.62. The van der Waals surface area contributed by atoms with Crippen molar-refractivity contribution in [2.75, 3.05) is 29.0 Å². The van der Waals surface area contributed by atoms with Gasteiger partial charge in [0.25, 0.3) is 0 Å². The Kier molecular flexibility index (Phi) is 6.42. The molecule has 0 bridgehead atoms. The molecular weight excluding hydrogens is 353 g/mol. The second-order valence-electron chi connectivity index (χ2n) is 6.56. The molecule has 0 radical (unpaired) electrons. The number of nitrogens with zero attached hydrogens (tertiary/aromatic N) is 3. The van der Waals surface area contributed by atoms with Gasteiger partial charge in [-0.1, -0.05) is 30.3 Å². The quantitative estimate of drug-likeness (QED) is 0.561. The summed E-state index contributed by atoms with van der Waals surface area (Å²) in [7, 11) is 0. The third-order valence-electron chi connectivity index (χ3n) is 4.62. The molecule has 0 unspecified atom stereocenters. The average Bonchev–Trinajstić information content (AvgIpc) is 2.71. The van der Waals surface area contributed by atoms with E-state index >= 15 is 0 Å². The van der Waals surface area contributed by atoms with Crippen molar-refractivity contribution >= 4 is 23.1 Å². The molecule has 2 aromatic carbocycles. The van der Waals surface area contributed by atoms with Crippen molar-refractivity contribution < 1.29 is 4.39 Å². The Morgan fingerprint density at radius 1 is 0.964 bits per heavy atom. The van der Waals surface area contributed by atoms with Gasteiger partial charge in [0, 0.05) is 30.5 Å². The van der Waals surface area contributed by atoms with Crippen LogP contribution in [0.1, 0.15) is 25.1 Å². The first-order chi connectivity index (χ1) is 13.6. The Hall–Kier alpha value is -3.15. The topological polar surface area (TPSA) is 67.1 Å². The van der Waals surface area contributed by atoms with Crippen molar-refractivity contribution in [3.05, 3.63) is 71.7 Å². The first kappa shape index (κ1) is 19.6. The number of hydrogen-bond acceptors (Lipinski definition) is 5. The van der Waals surface area contributed by atoms with E-state index in [2.05, 4.69) is 46.2 Å². The van der Waals surface area contributed by atoms with Crippen molar-refractivity contribution in [2.45, 2.75) is 26.7 Å². The molecule has 0 aliphatic rings. The summed E-state index contributed by atoms with van der Waals surface area (Å²) in [5.74, 6) is 0.922. The molecule has 0 fully saturated rings. The minimum atomic E-state index is -0.438. The summed E-state index contributed by atoms with van der Waals surface area (Å²) in [6.45, 7) is 5.91. The molecule has 0 saturated carbocycles. The highest BCUT2D eigenvalue weighted by molar-refractivity contribution is 5.61. The van der Waals surface area contributed by atoms with Crippen LogP contribution in [0.5, 0.6) is 0 Å². The van der Waals surface area contributed by atoms with E-state index in [0.717, 1.165) is 37.4 Å². The number of nitrogen functional groups attached to an aromatic ring is 1. The minimum Gasteiger partial charge on any atom is -0.396 e. The first-order valence-corrected chi connectivity index (χ1v) is 9.58. The molecule has 0 spiro atoms. The standard InChI is InChI=1S/C22H26FN5/c1-3-28(4-2)21-15-18(11-10-16-8-6-5-7-9-16)26-22(27-21)25-17-12-13-19(23)20(24)14-17/h5-9,12-15H,3-4,10-11,24H2,1-2H3,(H,25,26,27). The van der Waals surface area contributed by atoms with Gasteiger partial charge < -0.3 is 16.0 Å². The molecule has 0 saturated heterocycles. The molecule has 3 N–H and O–H groups in total. The second-order valence-corrected chi connectivity index (χ2v) is 6.56. The molecule has 0 atom stereocenters. The van der Waals surface area contributed by atoms with E-state index < -0.39 is 5.82 Å². The van der Waals surface area contributed by atoms with E-state index in [1.165, 1.54) is 11.6 Å². The maximum atomic E-state index is 13.4. The SMILES string of the molecule is CCN(CC)c1cc(CCc2ccccc2)nc(Nc2ccc(F)c(N)c2)n1. The Labute approximate surface area is 165 Å². The average molecular weight is 379 g/mol. The van der Waals surface area contributed by atoms with Crippen molar-refractivity contribution in [1.82, 2.24) is 9.97 Å². The molecule has 0 aliphatic carbocycles. The monoisotopic (exact) mass is 379 g/mol. The van der Waals surface area contributed by atoms with Crippen molar-refractivity contribution in [2.24, 2.45) is 0 Å². The molecule has 6 heteroatoms. The number of anilines is 4. The summed E-state index contributed by atoms with van der Waals surface area (Å²) < 4.78 is 13.4. The molecule has 5 nitrogen and oxygen atoms in total. The Morgan fingerprint density at radius 2 is 1.71 bits per heavy atom. The van der Waals surface area contributed by atoms with Gasteiger partial charge in [0.05, 0.1) is 5.69 Å². The molecule has 3 aromatic rings. The predicted octanol–water partition coefficient (Wildman–Crippen LogP) is 4.57. The summed E-state index contributed by atoms with van der Waals surface area (Å²) >= 11 is 0. The lowest BCUT2D eigenvalue weighted by atomic mass is 10.1. The molecule has 3 rings (SSSR count). The Balaban J connectivity index is 1.86. The molecule has 0 amide bonds. The highest BCUT2D eigenvalue weighted by Crippen LogP contribution is 2.22. The lowest BCUT2D eigenvalue weighted by molar-refractivity contribution is 0.632. The van der Waals surface area contributed by atoms with Crippen LogP contribution in [0.4, 0.5) is 27.5 Å². The number of nitrogens with two attached hydrogens (primary N) is 1. The van der Waals surface area contributed by atoms with E-state index in [1.54, 1.807) is 12.1 Å². The zero-order valence-electron chi connectivity index (χ0n) is 16.3. The van der Waals surface area contributed by atoms with Gasteiger partial charge >= 0.3 is 0 Å². The van der Waals surface area contributed by atoms with E-state index in [4.69, 9.17) is 5.73 Å². The lowest BCUT2D eigenvalue weighted by Crippen LogP contribution is -2.23. The Bertz CT molecular complexity index is 910. The van der Waals surface area contributed by atoms with E-state index in [9.17, 15) is 4.39 Å². The second kappa shape index (κ2) is 9.17. The summed E-state index contributed by atoms with van der Waals surface area (Å²) in [5, 5.41) is 3.16. The number of aryl methyl sites for hydroxylation is 2. The number of aromatic nitrogens is 2. The number of rotatable bonds is 8. The van der Waals surface area contributed by atoms with Crippen LogP contribution in [-0.4, -0.2) is 23.1 Å². The van der Waals surface area contributed by atoms with Gasteiger partial charge in [-0.2, -0.15) is 4.98 Å². The Morgan fingerprint density at radius 3 is 2.39 bits per heavy atom. The van der Waals surface area contributed by atoms with E-state index in [0.29, 0.717) is 11.6 Å². The van der Waals surface area contributed by atoms with Crippen LogP contribution in [0, 0.1) is 5.82 Å². The van der Waals surface area contributed by atoms with Crippen molar-refractivity contribution in [1.29, 1.82) is 0 Å². The fraction of sp³-hybridized carbons (Fsp3) is 0.273. The fourth-order valence-corrected chi connectivity index (χ4v) is 3.04. The number of halogens is 1. The van der Waals surface area contributed by atoms with Gasteiger partial charge in [0.1, 0.15) is 11.6 Å². The summed E-state index contributed by atoms with van der Waals surface area (Å²) in [5.41, 5.74) is 8.65. The van der Waals surface area contributed by atoms with Gasteiger partial charge in [0.15, 0.2) is 0 Å². The number of nitrogens with one attached hydrogen (secondary N) is 1. The van der Waals surface area contributed by atoms with Crippen LogP contribution in [0.2, 0.25) is 0 Å². The van der Waals surface area contributed by atoms with Gasteiger partial charge in [-0.3, -0.25) is 0 Å². The van der Waals surface area contributed by atoms with Gasteiger partial charge in [-0.25, -0.2) is 9.37 Å². The van der Waals surface area contributed by atoms with E-state index in [1.807, 2.05) is 24.3 Å². The fourth-order valence-electron chi connectivity index (χ4n) is 3.04. The maximum absolute atomic E-state index is 13.4. The van der Waals surface area contributed by atoms with Crippen LogP contribution < -0.4 is 16.0 Å². The van der Waals surface area contributed by atoms with Gasteiger partial charge in [-0.15, -0.1) is 0 Å². The molecular formula is C22H26FN5. The number of benzene rings is 2. The maximum Gasteiger partial charge on any atom is 0.229 e. The van der Waals surface area contributed by atoms with Crippen molar-refractivity contribution in [3.63, 3.8) is 0 Å². The molecule has 1 aromatic heterocycles. The highest BCUT2D eigenvalue weighted by atomic mass is 19.1. The van der Waals surface area contributed by atoms with E-state index in [-0.39, 0.29) is 5.69 Å². The van der Waals surface area contributed by atoms with Gasteiger partial charge in [0.2, 0.25) is 5.95 Å². The number of hydrogen-bond donors (Lipinski definition) is 2. The summed E-state index contributed by atoms with van der Waals surface area (Å²) in [4.78, 5) is 11.5. The zero-order chi connectivity index (χ0) is 19.9. The lowest BCUT2D eigenvalue weighted by Gasteiger charge is -2.21. The van der Waals surface area contributed by atoms with Crippen molar-refractivity contribution in [3.8, 4) is 0 Å². The van der Waals surface area contributed by atoms with Gasteiger partial charge in [-0.05, 0) is 50.5 Å². The molecule has 146 valence electrons. The third kappa shape index (κ3) is 4.97. The van der Waals surface area contributed by atoms with Crippen LogP contribution in [-0.2, 0) is 12.8 Å².